The van der Waals surface area contributed by atoms with Crippen molar-refractivity contribution >= 4 is 75.1 Å². The number of aliphatic hydroxyl groups excluding tert-OH is 3. The molecule has 0 saturated carbocycles. The maximum atomic E-state index is 12.7. The number of fused-ring (bicyclic) bond motifs is 1. The molecule has 1 fully saturated rings. The predicted octanol–water partition coefficient (Wildman–Crippen LogP) is -0.383. The van der Waals surface area contributed by atoms with Gasteiger partial charge in [0.05, 0.1) is 25.6 Å². The number of aliphatic hydroxyl groups is 3. The average molecular weight is 966 g/mol. The Morgan fingerprint density at radius 2 is 1.71 bits per heavy atom. The summed E-state index contributed by atoms with van der Waals surface area (Å²) in [6, 6.07) is 0. The Morgan fingerprint density at radius 1 is 1.02 bits per heavy atom. The van der Waals surface area contributed by atoms with Crippen LogP contribution < -0.4 is 16.4 Å². The quantitative estimate of drug-likeness (QED) is 0.0309. The van der Waals surface area contributed by atoms with Crippen LogP contribution >= 0.6 is 35.2 Å². The van der Waals surface area contributed by atoms with Gasteiger partial charge in [-0.15, -0.1) is 0 Å². The number of amides is 2. The van der Waals surface area contributed by atoms with Crippen LogP contribution in [0.25, 0.3) is 11.2 Å². The number of unbranched alkanes of at least 4 members (excludes halogenated alkanes) is 1. The molecule has 2 aromatic rings. The van der Waals surface area contributed by atoms with E-state index in [1.54, 1.807) is 0 Å². The van der Waals surface area contributed by atoms with Crippen LogP contribution in [0.3, 0.4) is 0 Å². The molecule has 3 rings (SSSR count). The number of nitrogens with zero attached hydrogens (tertiary/aromatic N) is 4. The number of hydrogen-bond donors (Lipinski definition) is 11. The SMILES string of the molecule is CC(C)(COP(=O)(O)OP(=O)(O)OCC1OC(n2cnc3c(N)ncnc32)C(O)C1OP(=O)(O)O)C(O)C(=O)NCCC(=O)NCCSC(=O)/C=C/CC(O)CCCCC(=O)O. The Bertz CT molecular complexity index is 2040. The lowest BCUT2D eigenvalue weighted by Crippen LogP contribution is -2.46. The third-order valence-corrected chi connectivity index (χ3v) is 12.5. The van der Waals surface area contributed by atoms with Gasteiger partial charge in [0.1, 0.15) is 36.3 Å². The monoisotopic (exact) mass is 965 g/mol. The van der Waals surface area contributed by atoms with Gasteiger partial charge in [-0.25, -0.2) is 28.6 Å². The molecule has 1 aliphatic heterocycles. The number of aliphatic carboxylic acids is 1. The molecule has 3 heterocycles. The first-order chi connectivity index (χ1) is 28.8. The van der Waals surface area contributed by atoms with E-state index in [0.29, 0.717) is 19.3 Å². The van der Waals surface area contributed by atoms with E-state index in [-0.39, 0.29) is 60.2 Å². The van der Waals surface area contributed by atoms with E-state index in [2.05, 4.69) is 34.4 Å². The highest BCUT2D eigenvalue weighted by Crippen LogP contribution is 2.61. The second-order valence-corrected chi connectivity index (χ2v) is 19.5. The van der Waals surface area contributed by atoms with Gasteiger partial charge in [-0.3, -0.25) is 37.3 Å². The number of carboxylic acid groups (broad SMARTS) is 1. The van der Waals surface area contributed by atoms with E-state index in [0.717, 1.165) is 29.0 Å². The van der Waals surface area contributed by atoms with Gasteiger partial charge < -0.3 is 61.1 Å². The molecule has 1 saturated heterocycles. The zero-order valence-electron chi connectivity index (χ0n) is 33.1. The third kappa shape index (κ3) is 17.7. The molecule has 1 aliphatic rings. The maximum absolute atomic E-state index is 12.7. The first-order valence-corrected chi connectivity index (χ1v) is 23.9. The number of nitrogens with one attached hydrogen (secondary N) is 2. The van der Waals surface area contributed by atoms with E-state index in [1.165, 1.54) is 26.0 Å². The summed E-state index contributed by atoms with van der Waals surface area (Å²) in [6.07, 6.45) is -3.40. The second kappa shape index (κ2) is 23.6. The highest BCUT2D eigenvalue weighted by Gasteiger charge is 2.50. The first-order valence-electron chi connectivity index (χ1n) is 18.4. The Labute approximate surface area is 357 Å². The lowest BCUT2D eigenvalue weighted by molar-refractivity contribution is -0.137. The zero-order chi connectivity index (χ0) is 46.5. The van der Waals surface area contributed by atoms with Crippen molar-refractivity contribution in [2.24, 2.45) is 5.41 Å². The number of carbonyl (C=O) groups excluding carboxylic acids is 3. The summed E-state index contributed by atoms with van der Waals surface area (Å²) in [5, 5.41) is 44.5. The highest BCUT2D eigenvalue weighted by molar-refractivity contribution is 8.14. The van der Waals surface area contributed by atoms with Gasteiger partial charge in [0.2, 0.25) is 16.9 Å². The minimum absolute atomic E-state index is 0.0175. The molecule has 27 nitrogen and oxygen atoms in total. The van der Waals surface area contributed by atoms with Crippen molar-refractivity contribution < 1.29 is 95.5 Å². The van der Waals surface area contributed by atoms with Gasteiger partial charge in [-0.05, 0) is 25.3 Å². The van der Waals surface area contributed by atoms with Gasteiger partial charge in [0, 0.05) is 37.1 Å². The molecular weight excluding hydrogens is 915 g/mol. The van der Waals surface area contributed by atoms with Gasteiger partial charge in [-0.2, -0.15) is 4.31 Å². The molecule has 2 aromatic heterocycles. The standard InChI is InChI=1S/C31H50N7O20P3S/c1-31(2,26(45)29(46)34-11-10-20(40)33-12-13-62-22(43)9-5-7-18(39)6-3-4-8-21(41)42)15-55-61(52,53)58-60(50,51)54-14-19-25(57-59(47,48)49)24(44)30(56-19)38-17-37-23-27(32)35-16-36-28(23)38/h5,9,16-19,24-26,30,39,44-45H,3-4,6-8,10-15H2,1-2H3,(H,33,40)(H,34,46)(H,41,42)(H,50,51)(H,52,53)(H2,32,35,36)(H2,47,48,49)/b9-5+. The van der Waals surface area contributed by atoms with Gasteiger partial charge in [-0.1, -0.05) is 38.1 Å². The molecule has 350 valence electrons. The van der Waals surface area contributed by atoms with Crippen molar-refractivity contribution in [1.29, 1.82) is 0 Å². The normalized spacial score (nSPS) is 21.3. The van der Waals surface area contributed by atoms with Crippen molar-refractivity contribution in [3.8, 4) is 0 Å². The Hall–Kier alpha value is -3.27. The van der Waals surface area contributed by atoms with Crippen molar-refractivity contribution in [3.05, 3.63) is 24.8 Å². The van der Waals surface area contributed by atoms with Crippen LogP contribution in [0.2, 0.25) is 0 Å². The topological polar surface area (TPSA) is 421 Å². The van der Waals surface area contributed by atoms with Crippen LogP contribution in [0, 0.1) is 5.41 Å². The van der Waals surface area contributed by atoms with Crippen LogP contribution in [-0.4, -0.2) is 145 Å². The molecule has 0 aromatic carbocycles. The fourth-order valence-corrected chi connectivity index (χ4v) is 8.85. The maximum Gasteiger partial charge on any atom is 0.481 e. The summed E-state index contributed by atoms with van der Waals surface area (Å²) in [6.45, 7) is 0.244. The minimum Gasteiger partial charge on any atom is -0.481 e. The lowest BCUT2D eigenvalue weighted by Gasteiger charge is -2.30. The van der Waals surface area contributed by atoms with Crippen LogP contribution in [0.15, 0.2) is 24.8 Å². The molecule has 0 bridgehead atoms. The van der Waals surface area contributed by atoms with Crippen LogP contribution in [0.1, 0.15) is 58.6 Å². The van der Waals surface area contributed by atoms with Gasteiger partial charge >= 0.3 is 29.4 Å². The lowest BCUT2D eigenvalue weighted by atomic mass is 9.87. The number of nitrogens with two attached hydrogens (primary N) is 1. The number of imidazole rings is 1. The molecule has 8 unspecified atom stereocenters. The number of carbonyl (C=O) groups is 4. The smallest absolute Gasteiger partial charge is 0.481 e. The van der Waals surface area contributed by atoms with Crippen molar-refractivity contribution in [1.82, 2.24) is 30.2 Å². The number of phosphoric acid groups is 3. The van der Waals surface area contributed by atoms with Crippen molar-refractivity contribution in [3.63, 3.8) is 0 Å². The van der Waals surface area contributed by atoms with E-state index in [9.17, 15) is 67.8 Å². The number of phosphoric ester groups is 3. The molecule has 12 N–H and O–H groups in total. The minimum atomic E-state index is -5.60. The van der Waals surface area contributed by atoms with E-state index in [4.69, 9.17) is 24.6 Å². The third-order valence-electron chi connectivity index (χ3n) is 8.59. The number of nitrogen functional groups attached to an aromatic ring is 1. The largest absolute Gasteiger partial charge is 0.481 e. The molecule has 0 spiro atoms. The van der Waals surface area contributed by atoms with Gasteiger partial charge in [0.25, 0.3) is 0 Å². The van der Waals surface area contributed by atoms with E-state index < -0.39 is 96.6 Å². The summed E-state index contributed by atoms with van der Waals surface area (Å²) < 4.78 is 62.1. The number of hydrogen-bond acceptors (Lipinski definition) is 20. The Balaban J connectivity index is 1.40. The average Bonchev–Trinajstić information content (AvgIpc) is 3.73. The molecule has 31 heteroatoms. The molecule has 0 aliphatic carbocycles. The van der Waals surface area contributed by atoms with Crippen LogP contribution in [0.5, 0.6) is 0 Å². The van der Waals surface area contributed by atoms with E-state index >= 15 is 0 Å². The Kier molecular flexibility index (Phi) is 20.2. The number of aromatic nitrogens is 4. The summed E-state index contributed by atoms with van der Waals surface area (Å²) in [7, 11) is -16.5. The molecule has 62 heavy (non-hydrogen) atoms. The summed E-state index contributed by atoms with van der Waals surface area (Å²) in [5.74, 6) is -2.26. The number of ether oxygens (including phenoxy) is 1. The second-order valence-electron chi connectivity index (χ2n) is 14.2. The zero-order valence-corrected chi connectivity index (χ0v) is 36.6. The Morgan fingerprint density at radius 3 is 2.39 bits per heavy atom. The molecular formula is C31H50N7O20P3S. The fourth-order valence-electron chi connectivity index (χ4n) is 5.43. The van der Waals surface area contributed by atoms with Crippen LogP contribution in [0.4, 0.5) is 5.82 Å². The number of anilines is 1. The molecule has 2 amide bonds. The van der Waals surface area contributed by atoms with E-state index in [1.807, 2.05) is 0 Å². The summed E-state index contributed by atoms with van der Waals surface area (Å²) in [4.78, 5) is 98.3. The summed E-state index contributed by atoms with van der Waals surface area (Å²) in [5.41, 5.74) is 4.20. The van der Waals surface area contributed by atoms with Crippen molar-refractivity contribution in [2.45, 2.75) is 89.1 Å². The fraction of sp³-hybridized carbons (Fsp3) is 0.645. The number of thioether (sulfide) groups is 1. The molecule has 8 atom stereocenters. The predicted molar refractivity (Wildman–Crippen MR) is 213 cm³/mol. The highest BCUT2D eigenvalue weighted by atomic mass is 32.2. The van der Waals surface area contributed by atoms with Gasteiger partial charge in [0.15, 0.2) is 17.7 Å². The summed E-state index contributed by atoms with van der Waals surface area (Å²) >= 11 is 0.913. The number of rotatable bonds is 27. The van der Waals surface area contributed by atoms with Crippen molar-refractivity contribution in [2.75, 3.05) is 37.8 Å². The first kappa shape index (κ1) is 53.1. The molecule has 0 radical (unpaired) electrons. The van der Waals surface area contributed by atoms with Crippen LogP contribution in [-0.2, 0) is 55.5 Å². The number of carboxylic acids is 1.